The maximum atomic E-state index is 6.27. The van der Waals surface area contributed by atoms with Gasteiger partial charge in [-0.1, -0.05) is 84.9 Å². The average Bonchev–Trinajstić information content (AvgIpc) is 3.31. The number of furan rings is 1. The van der Waals surface area contributed by atoms with Crippen LogP contribution in [0.15, 0.2) is 126 Å². The van der Waals surface area contributed by atoms with Gasteiger partial charge in [-0.25, -0.2) is 0 Å². The molecular formula is C34H20O2. The Morgan fingerprint density at radius 1 is 0.417 bits per heavy atom. The molecule has 0 radical (unpaired) electrons. The van der Waals surface area contributed by atoms with Crippen molar-refractivity contribution in [3.05, 3.63) is 121 Å². The molecular weight excluding hydrogens is 440 g/mol. The largest absolute Gasteiger partial charge is 0.456 e. The van der Waals surface area contributed by atoms with Crippen molar-refractivity contribution in [2.75, 3.05) is 0 Å². The summed E-state index contributed by atoms with van der Waals surface area (Å²) < 4.78 is 12.3. The first-order valence-corrected chi connectivity index (χ1v) is 12.2. The Balaban J connectivity index is 1.19. The summed E-state index contributed by atoms with van der Waals surface area (Å²) in [4.78, 5) is 0. The highest BCUT2D eigenvalue weighted by molar-refractivity contribution is 6.06. The van der Waals surface area contributed by atoms with Crippen LogP contribution in [-0.2, 0) is 0 Å². The highest BCUT2D eigenvalue weighted by Crippen LogP contribution is 2.47. The maximum absolute atomic E-state index is 6.27. The van der Waals surface area contributed by atoms with Gasteiger partial charge in [0.25, 0.3) is 0 Å². The predicted octanol–water partition coefficient (Wildman–Crippen LogP) is 9.85. The lowest BCUT2D eigenvalue weighted by Crippen LogP contribution is -1.97. The Morgan fingerprint density at radius 3 is 1.97 bits per heavy atom. The fourth-order valence-corrected chi connectivity index (χ4v) is 5.50. The number of hydrogen-bond donors (Lipinski definition) is 0. The van der Waals surface area contributed by atoms with Gasteiger partial charge >= 0.3 is 0 Å². The SMILES string of the molecule is c1cc2c3c(cccc3c1)-c1cc(-c3ccc(-c4ccc5oc6ccccc6c5c4)cc3)ccc1O2. The summed E-state index contributed by atoms with van der Waals surface area (Å²) in [5, 5.41) is 4.69. The van der Waals surface area contributed by atoms with Crippen molar-refractivity contribution in [3.63, 3.8) is 0 Å². The Hall–Kier alpha value is -4.82. The summed E-state index contributed by atoms with van der Waals surface area (Å²) in [6.45, 7) is 0. The summed E-state index contributed by atoms with van der Waals surface area (Å²) >= 11 is 0. The molecule has 1 aliphatic rings. The molecule has 0 unspecified atom stereocenters. The summed E-state index contributed by atoms with van der Waals surface area (Å²) in [6.07, 6.45) is 0. The lowest BCUT2D eigenvalue weighted by Gasteiger charge is -2.22. The third-order valence-electron chi connectivity index (χ3n) is 7.28. The first-order valence-electron chi connectivity index (χ1n) is 12.2. The molecule has 0 fully saturated rings. The molecule has 0 spiro atoms. The van der Waals surface area contributed by atoms with E-state index in [1.165, 1.54) is 38.6 Å². The van der Waals surface area contributed by atoms with E-state index in [1.807, 2.05) is 18.2 Å². The highest BCUT2D eigenvalue weighted by atomic mass is 16.5. The zero-order valence-corrected chi connectivity index (χ0v) is 19.4. The molecule has 2 nitrogen and oxygen atoms in total. The second-order valence-corrected chi connectivity index (χ2v) is 9.36. The van der Waals surface area contributed by atoms with Crippen molar-refractivity contribution in [1.82, 2.24) is 0 Å². The molecule has 8 rings (SSSR count). The van der Waals surface area contributed by atoms with E-state index in [0.29, 0.717) is 0 Å². The maximum Gasteiger partial charge on any atom is 0.135 e. The molecule has 0 amide bonds. The molecule has 0 aliphatic carbocycles. The van der Waals surface area contributed by atoms with Gasteiger partial charge in [0.05, 0.1) is 0 Å². The number of hydrogen-bond acceptors (Lipinski definition) is 2. The molecule has 6 aromatic carbocycles. The second-order valence-electron chi connectivity index (χ2n) is 9.36. The number of para-hydroxylation sites is 1. The third kappa shape index (κ3) is 2.85. The van der Waals surface area contributed by atoms with E-state index in [1.54, 1.807) is 0 Å². The van der Waals surface area contributed by atoms with Gasteiger partial charge in [0, 0.05) is 21.7 Å². The van der Waals surface area contributed by atoms with Crippen LogP contribution in [0.4, 0.5) is 0 Å². The van der Waals surface area contributed by atoms with Crippen molar-refractivity contribution in [3.8, 4) is 44.9 Å². The van der Waals surface area contributed by atoms with Crippen LogP contribution in [0.3, 0.4) is 0 Å². The molecule has 1 aromatic heterocycles. The van der Waals surface area contributed by atoms with Crippen molar-refractivity contribution in [1.29, 1.82) is 0 Å². The second kappa shape index (κ2) is 7.34. The molecule has 168 valence electrons. The van der Waals surface area contributed by atoms with Crippen LogP contribution in [0.2, 0.25) is 0 Å². The van der Waals surface area contributed by atoms with Crippen LogP contribution in [0.1, 0.15) is 0 Å². The fourth-order valence-electron chi connectivity index (χ4n) is 5.50. The number of ether oxygens (including phenoxy) is 1. The van der Waals surface area contributed by atoms with E-state index in [-0.39, 0.29) is 0 Å². The van der Waals surface area contributed by atoms with Gasteiger partial charge in [-0.15, -0.1) is 0 Å². The highest BCUT2D eigenvalue weighted by Gasteiger charge is 2.20. The quantitative estimate of drug-likeness (QED) is 0.256. The van der Waals surface area contributed by atoms with E-state index < -0.39 is 0 Å². The lowest BCUT2D eigenvalue weighted by atomic mass is 9.92. The predicted molar refractivity (Wildman–Crippen MR) is 148 cm³/mol. The van der Waals surface area contributed by atoms with Crippen molar-refractivity contribution in [2.24, 2.45) is 0 Å². The first-order chi connectivity index (χ1) is 17.8. The lowest BCUT2D eigenvalue weighted by molar-refractivity contribution is 0.487. The molecule has 0 N–H and O–H groups in total. The molecule has 36 heavy (non-hydrogen) atoms. The number of benzene rings is 6. The van der Waals surface area contributed by atoms with Gasteiger partial charge in [-0.05, 0) is 69.6 Å². The van der Waals surface area contributed by atoms with Crippen molar-refractivity contribution < 1.29 is 9.15 Å². The van der Waals surface area contributed by atoms with Crippen LogP contribution in [0, 0.1) is 0 Å². The van der Waals surface area contributed by atoms with E-state index in [9.17, 15) is 0 Å². The molecule has 2 heteroatoms. The Bertz CT molecular complexity index is 1950. The standard InChI is InChI=1S/C34H20O2/c1-2-9-30-26(7-1)28-19-24(15-17-31(28)35-30)21-11-13-22(14-12-21)25-16-18-32-29(20-25)27-8-3-5-23-6-4-10-33(36-32)34(23)27/h1-20H. The van der Waals surface area contributed by atoms with Crippen molar-refractivity contribution >= 4 is 32.7 Å². The average molecular weight is 461 g/mol. The first kappa shape index (κ1) is 19.5. The van der Waals surface area contributed by atoms with Gasteiger partial charge in [0.1, 0.15) is 22.7 Å². The van der Waals surface area contributed by atoms with Crippen LogP contribution in [-0.4, -0.2) is 0 Å². The normalized spacial score (nSPS) is 12.1. The summed E-state index contributed by atoms with van der Waals surface area (Å²) in [5.74, 6) is 1.83. The zero-order chi connectivity index (χ0) is 23.6. The Kier molecular flexibility index (Phi) is 3.97. The van der Waals surface area contributed by atoms with Gasteiger partial charge in [0.2, 0.25) is 0 Å². The van der Waals surface area contributed by atoms with E-state index >= 15 is 0 Å². The Morgan fingerprint density at radius 2 is 1.11 bits per heavy atom. The van der Waals surface area contributed by atoms with Gasteiger partial charge < -0.3 is 9.15 Å². The van der Waals surface area contributed by atoms with E-state index in [0.717, 1.165) is 39.0 Å². The topological polar surface area (TPSA) is 22.4 Å². The molecule has 0 saturated carbocycles. The minimum atomic E-state index is 0.905. The molecule has 2 heterocycles. The number of fused-ring (bicyclic) bond motifs is 5. The number of rotatable bonds is 2. The summed E-state index contributed by atoms with van der Waals surface area (Å²) in [6, 6.07) is 42.6. The van der Waals surface area contributed by atoms with E-state index in [4.69, 9.17) is 9.15 Å². The monoisotopic (exact) mass is 460 g/mol. The van der Waals surface area contributed by atoms with Crippen molar-refractivity contribution in [2.45, 2.75) is 0 Å². The summed E-state index contributed by atoms with van der Waals surface area (Å²) in [5.41, 5.74) is 8.94. The fraction of sp³-hybridized carbons (Fsp3) is 0. The molecule has 0 bridgehead atoms. The van der Waals surface area contributed by atoms with Gasteiger partial charge in [0.15, 0.2) is 0 Å². The summed E-state index contributed by atoms with van der Waals surface area (Å²) in [7, 11) is 0. The van der Waals surface area contributed by atoms with Crippen LogP contribution >= 0.6 is 0 Å². The van der Waals surface area contributed by atoms with Gasteiger partial charge in [-0.3, -0.25) is 0 Å². The van der Waals surface area contributed by atoms with Crippen LogP contribution in [0.25, 0.3) is 66.1 Å². The third-order valence-corrected chi connectivity index (χ3v) is 7.28. The molecule has 0 saturated heterocycles. The van der Waals surface area contributed by atoms with Crippen LogP contribution in [0.5, 0.6) is 11.5 Å². The zero-order valence-electron chi connectivity index (χ0n) is 19.4. The minimum absolute atomic E-state index is 0.905. The van der Waals surface area contributed by atoms with Crippen LogP contribution < -0.4 is 4.74 Å². The molecule has 0 atom stereocenters. The molecule has 1 aliphatic heterocycles. The smallest absolute Gasteiger partial charge is 0.135 e. The van der Waals surface area contributed by atoms with Gasteiger partial charge in [-0.2, -0.15) is 0 Å². The van der Waals surface area contributed by atoms with E-state index in [2.05, 4.69) is 103 Å². The molecule has 7 aromatic rings. The minimum Gasteiger partial charge on any atom is -0.456 e. The Labute approximate surface area is 208 Å².